The average Bonchev–Trinajstić information content (AvgIpc) is 2.79. The highest BCUT2D eigenvalue weighted by Crippen LogP contribution is 2.15. The minimum Gasteiger partial charge on any atom is -0.463 e. The van der Waals surface area contributed by atoms with Crippen molar-refractivity contribution in [3.8, 4) is 0 Å². The van der Waals surface area contributed by atoms with Crippen LogP contribution in [0.25, 0.3) is 0 Å². The number of carbonyl (C=O) groups is 2. The number of unbranched alkanes of at least 4 members (excludes halogenated alkanes) is 2. The first-order valence-corrected chi connectivity index (χ1v) is 12.2. The Morgan fingerprint density at radius 2 is 0.844 bits per heavy atom. The molecule has 0 aromatic carbocycles. The summed E-state index contributed by atoms with van der Waals surface area (Å²) in [6.07, 6.45) is 5.45. The largest absolute Gasteiger partial charge is 0.463 e. The summed E-state index contributed by atoms with van der Waals surface area (Å²) < 4.78 is 32.0. The van der Waals surface area contributed by atoms with Crippen LogP contribution in [0.2, 0.25) is 0 Å². The molecule has 0 amide bonds. The molecule has 0 radical (unpaired) electrons. The van der Waals surface area contributed by atoms with E-state index in [1.54, 1.807) is 13.8 Å². The van der Waals surface area contributed by atoms with Gasteiger partial charge >= 0.3 is 11.9 Å². The van der Waals surface area contributed by atoms with E-state index in [0.29, 0.717) is 52.5 Å². The van der Waals surface area contributed by atoms with Gasteiger partial charge in [0.05, 0.1) is 51.5 Å². The molecule has 0 saturated heterocycles. The molecule has 0 aliphatic carbocycles. The zero-order valence-corrected chi connectivity index (χ0v) is 20.7. The number of carbonyl (C=O) groups excluding carboxylic acids is 2. The van der Waals surface area contributed by atoms with Gasteiger partial charge in [-0.1, -0.05) is 40.5 Å². The van der Waals surface area contributed by atoms with E-state index in [1.165, 1.54) is 0 Å². The molecule has 2 unspecified atom stereocenters. The summed E-state index contributed by atoms with van der Waals surface area (Å²) in [7, 11) is 0. The Morgan fingerprint density at radius 1 is 0.531 bits per heavy atom. The lowest BCUT2D eigenvalue weighted by Gasteiger charge is -2.15. The lowest BCUT2D eigenvalue weighted by atomic mass is 9.98. The maximum Gasteiger partial charge on any atom is 0.308 e. The Bertz CT molecular complexity index is 404. The lowest BCUT2D eigenvalue weighted by Crippen LogP contribution is -2.22. The van der Waals surface area contributed by atoms with E-state index < -0.39 is 0 Å². The van der Waals surface area contributed by atoms with Gasteiger partial charge in [-0.05, 0) is 25.7 Å². The van der Waals surface area contributed by atoms with E-state index in [0.717, 1.165) is 38.9 Å². The molecule has 0 aliphatic rings. The fourth-order valence-corrected chi connectivity index (χ4v) is 2.56. The van der Waals surface area contributed by atoms with Crippen molar-refractivity contribution in [1.82, 2.24) is 0 Å². The van der Waals surface area contributed by atoms with Crippen molar-refractivity contribution in [2.24, 2.45) is 11.8 Å². The van der Waals surface area contributed by atoms with Crippen molar-refractivity contribution in [1.29, 1.82) is 0 Å². The van der Waals surface area contributed by atoms with Crippen LogP contribution in [-0.4, -0.2) is 78.0 Å². The smallest absolute Gasteiger partial charge is 0.308 e. The van der Waals surface area contributed by atoms with Gasteiger partial charge in [0.15, 0.2) is 0 Å². The van der Waals surface area contributed by atoms with Crippen LogP contribution >= 0.6 is 0 Å². The Balaban J connectivity index is 3.63. The van der Waals surface area contributed by atoms with Gasteiger partial charge in [-0.15, -0.1) is 0 Å². The summed E-state index contributed by atoms with van der Waals surface area (Å²) >= 11 is 0. The molecule has 0 aliphatic heterocycles. The Kier molecular flexibility index (Phi) is 22.1. The molecular formula is C24H46O8. The van der Waals surface area contributed by atoms with Crippen LogP contribution < -0.4 is 0 Å². The number of hydrogen-bond donors (Lipinski definition) is 0. The summed E-state index contributed by atoms with van der Waals surface area (Å²) in [4.78, 5) is 24.1. The van der Waals surface area contributed by atoms with Gasteiger partial charge < -0.3 is 28.4 Å². The third-order valence-electron chi connectivity index (χ3n) is 4.81. The SMILES string of the molecule is CCCCOCCOCCOC(=O)C(C)CCC(C)C(=O)OCCOCCOCCCC. The third kappa shape index (κ3) is 19.5. The molecule has 8 nitrogen and oxygen atoms in total. The van der Waals surface area contributed by atoms with Crippen LogP contribution in [0.3, 0.4) is 0 Å². The predicted molar refractivity (Wildman–Crippen MR) is 123 cm³/mol. The quantitative estimate of drug-likeness (QED) is 0.167. The summed E-state index contributed by atoms with van der Waals surface area (Å²) in [5.41, 5.74) is 0. The van der Waals surface area contributed by atoms with Crippen molar-refractivity contribution in [3.05, 3.63) is 0 Å². The van der Waals surface area contributed by atoms with Crippen LogP contribution in [0.4, 0.5) is 0 Å². The molecule has 0 N–H and O–H groups in total. The maximum absolute atomic E-state index is 12.0. The predicted octanol–water partition coefficient (Wildman–Crippen LogP) is 3.79. The standard InChI is InChI=1S/C24H46O8/c1-5-7-11-27-13-15-29-17-19-31-23(25)21(3)9-10-22(4)24(26)32-20-18-30-16-14-28-12-8-6-2/h21-22H,5-20H2,1-4H3. The topological polar surface area (TPSA) is 89.5 Å². The van der Waals surface area contributed by atoms with Crippen molar-refractivity contribution in [3.63, 3.8) is 0 Å². The second kappa shape index (κ2) is 23.0. The molecule has 0 fully saturated rings. The number of ether oxygens (including phenoxy) is 6. The fraction of sp³-hybridized carbons (Fsp3) is 0.917. The number of rotatable bonds is 23. The van der Waals surface area contributed by atoms with E-state index in [1.807, 2.05) is 0 Å². The molecule has 0 bridgehead atoms. The highest BCUT2D eigenvalue weighted by molar-refractivity contribution is 5.73. The van der Waals surface area contributed by atoms with Gasteiger partial charge in [0, 0.05) is 13.2 Å². The van der Waals surface area contributed by atoms with E-state index in [4.69, 9.17) is 28.4 Å². The summed E-state index contributed by atoms with van der Waals surface area (Å²) in [6, 6.07) is 0. The molecule has 2 atom stereocenters. The van der Waals surface area contributed by atoms with Gasteiger partial charge in [0.25, 0.3) is 0 Å². The van der Waals surface area contributed by atoms with Crippen LogP contribution in [0.5, 0.6) is 0 Å². The Hall–Kier alpha value is -1.22. The molecule has 0 rings (SSSR count). The normalized spacial score (nSPS) is 13.0. The van der Waals surface area contributed by atoms with Crippen LogP contribution in [0, 0.1) is 11.8 Å². The molecule has 0 spiro atoms. The minimum atomic E-state index is -0.279. The summed E-state index contributed by atoms with van der Waals surface area (Å²) in [5, 5.41) is 0. The monoisotopic (exact) mass is 462 g/mol. The first kappa shape index (κ1) is 30.8. The average molecular weight is 463 g/mol. The number of esters is 2. The highest BCUT2D eigenvalue weighted by atomic mass is 16.6. The lowest BCUT2D eigenvalue weighted by molar-refractivity contribution is -0.152. The first-order valence-electron chi connectivity index (χ1n) is 12.2. The molecule has 0 saturated carbocycles. The number of hydrogen-bond acceptors (Lipinski definition) is 8. The Labute approximate surface area is 194 Å². The summed E-state index contributed by atoms with van der Waals surface area (Å²) in [6.45, 7) is 12.6. The van der Waals surface area contributed by atoms with Crippen molar-refractivity contribution < 1.29 is 38.0 Å². The minimum absolute atomic E-state index is 0.222. The molecule has 190 valence electrons. The molecule has 8 heteroatoms. The van der Waals surface area contributed by atoms with Crippen molar-refractivity contribution in [2.75, 3.05) is 66.1 Å². The van der Waals surface area contributed by atoms with Gasteiger partial charge in [-0.3, -0.25) is 9.59 Å². The molecule has 0 aromatic heterocycles. The third-order valence-corrected chi connectivity index (χ3v) is 4.81. The first-order chi connectivity index (χ1) is 15.5. The van der Waals surface area contributed by atoms with Crippen molar-refractivity contribution >= 4 is 11.9 Å². The zero-order valence-electron chi connectivity index (χ0n) is 20.7. The summed E-state index contributed by atoms with van der Waals surface area (Å²) in [5.74, 6) is -1.11. The molecular weight excluding hydrogens is 416 g/mol. The molecule has 32 heavy (non-hydrogen) atoms. The second-order valence-electron chi connectivity index (χ2n) is 7.87. The van der Waals surface area contributed by atoms with E-state index in [-0.39, 0.29) is 37.0 Å². The van der Waals surface area contributed by atoms with Crippen LogP contribution in [0.1, 0.15) is 66.2 Å². The van der Waals surface area contributed by atoms with Gasteiger partial charge in [0.2, 0.25) is 0 Å². The fourth-order valence-electron chi connectivity index (χ4n) is 2.56. The highest BCUT2D eigenvalue weighted by Gasteiger charge is 2.20. The Morgan fingerprint density at radius 3 is 1.19 bits per heavy atom. The van der Waals surface area contributed by atoms with Crippen molar-refractivity contribution in [2.45, 2.75) is 66.2 Å². The second-order valence-corrected chi connectivity index (χ2v) is 7.87. The van der Waals surface area contributed by atoms with Gasteiger partial charge in [-0.25, -0.2) is 0 Å². The van der Waals surface area contributed by atoms with Crippen LogP contribution in [0.15, 0.2) is 0 Å². The van der Waals surface area contributed by atoms with E-state index in [9.17, 15) is 9.59 Å². The maximum atomic E-state index is 12.0. The molecule has 0 heterocycles. The zero-order chi connectivity index (χ0) is 23.9. The van der Waals surface area contributed by atoms with Gasteiger partial charge in [-0.2, -0.15) is 0 Å². The van der Waals surface area contributed by atoms with Gasteiger partial charge in [0.1, 0.15) is 13.2 Å². The van der Waals surface area contributed by atoms with Crippen LogP contribution in [-0.2, 0) is 38.0 Å². The molecule has 0 aromatic rings. The van der Waals surface area contributed by atoms with E-state index in [2.05, 4.69) is 13.8 Å². The van der Waals surface area contributed by atoms with E-state index >= 15 is 0 Å².